The van der Waals surface area contributed by atoms with Gasteiger partial charge in [0.2, 0.25) is 11.8 Å². The molecule has 6 nitrogen and oxygen atoms in total. The Morgan fingerprint density at radius 1 is 1.23 bits per heavy atom. The third-order valence-electron chi connectivity index (χ3n) is 7.52. The smallest absolute Gasteiger partial charge is 0.240 e. The number of benzene rings is 1. The normalized spacial score (nSPS) is 34.1. The van der Waals surface area contributed by atoms with Gasteiger partial charge in [-0.05, 0) is 49.8 Å². The van der Waals surface area contributed by atoms with Crippen LogP contribution in [0, 0.1) is 29.0 Å². The standard InChI is InChI=1S/C23H27FN4O2/c1-13(22(29)28-18(10-25)7-16-8-20(16)28)11-26-12-19-9-21(26)23(30)27(19)14(2)15-3-5-17(24)6-4-15/h3-6,13-14,16,18-21H,7-9,11-12H2,1-2H3/t13-,14-,16+,18-,19-,20-,21-/m0/s1. The summed E-state index contributed by atoms with van der Waals surface area (Å²) >= 11 is 0. The Labute approximate surface area is 176 Å². The summed E-state index contributed by atoms with van der Waals surface area (Å²) < 4.78 is 13.2. The van der Waals surface area contributed by atoms with E-state index in [4.69, 9.17) is 0 Å². The van der Waals surface area contributed by atoms with Crippen LogP contribution >= 0.6 is 0 Å². The highest BCUT2D eigenvalue weighted by Gasteiger charge is 2.55. The van der Waals surface area contributed by atoms with Crippen LogP contribution in [-0.2, 0) is 9.59 Å². The van der Waals surface area contributed by atoms with E-state index in [1.807, 2.05) is 23.6 Å². The fourth-order valence-corrected chi connectivity index (χ4v) is 5.87. The highest BCUT2D eigenvalue weighted by atomic mass is 19.1. The summed E-state index contributed by atoms with van der Waals surface area (Å²) in [5, 5.41) is 9.38. The molecular weight excluding hydrogens is 383 g/mol. The van der Waals surface area contributed by atoms with Crippen LogP contribution in [-0.4, -0.2) is 63.8 Å². The molecule has 2 amide bonds. The Bertz CT molecular complexity index is 913. The van der Waals surface area contributed by atoms with Gasteiger partial charge in [-0.3, -0.25) is 14.5 Å². The van der Waals surface area contributed by atoms with Crippen LogP contribution in [0.25, 0.3) is 0 Å². The van der Waals surface area contributed by atoms with Gasteiger partial charge in [0.15, 0.2) is 0 Å². The van der Waals surface area contributed by atoms with Gasteiger partial charge in [-0.15, -0.1) is 0 Å². The predicted molar refractivity (Wildman–Crippen MR) is 107 cm³/mol. The lowest BCUT2D eigenvalue weighted by Crippen LogP contribution is -2.53. The second-order valence-electron chi connectivity index (χ2n) is 9.42. The van der Waals surface area contributed by atoms with Crippen molar-refractivity contribution in [3.63, 3.8) is 0 Å². The minimum Gasteiger partial charge on any atom is -0.330 e. The van der Waals surface area contributed by atoms with Crippen LogP contribution in [0.2, 0.25) is 0 Å². The maximum Gasteiger partial charge on any atom is 0.240 e. The van der Waals surface area contributed by atoms with Crippen molar-refractivity contribution in [3.05, 3.63) is 35.6 Å². The number of halogens is 1. The van der Waals surface area contributed by atoms with Gasteiger partial charge in [-0.1, -0.05) is 19.1 Å². The third-order valence-corrected chi connectivity index (χ3v) is 7.52. The van der Waals surface area contributed by atoms with E-state index in [-0.39, 0.29) is 53.8 Å². The fourth-order valence-electron chi connectivity index (χ4n) is 5.87. The fraction of sp³-hybridized carbons (Fsp3) is 0.609. The molecule has 4 aliphatic rings. The second-order valence-corrected chi connectivity index (χ2v) is 9.42. The number of fused-ring (bicyclic) bond motifs is 3. The zero-order chi connectivity index (χ0) is 21.2. The van der Waals surface area contributed by atoms with E-state index in [1.54, 1.807) is 12.1 Å². The van der Waals surface area contributed by atoms with Crippen LogP contribution in [0.15, 0.2) is 24.3 Å². The maximum atomic E-state index is 13.2. The Balaban J connectivity index is 1.23. The highest BCUT2D eigenvalue weighted by molar-refractivity contribution is 5.86. The highest BCUT2D eigenvalue weighted by Crippen LogP contribution is 2.48. The van der Waals surface area contributed by atoms with Crippen LogP contribution < -0.4 is 0 Å². The number of hydrogen-bond acceptors (Lipinski definition) is 4. The summed E-state index contributed by atoms with van der Waals surface area (Å²) in [7, 11) is 0. The molecule has 1 aliphatic carbocycles. The molecule has 5 rings (SSSR count). The summed E-state index contributed by atoms with van der Waals surface area (Å²) in [4.78, 5) is 32.0. The molecule has 0 radical (unpaired) electrons. The van der Waals surface area contributed by atoms with E-state index in [0.29, 0.717) is 12.5 Å². The van der Waals surface area contributed by atoms with Gasteiger partial charge in [0.05, 0.1) is 18.2 Å². The molecule has 0 N–H and O–H groups in total. The molecule has 3 aliphatic heterocycles. The number of piperidine rings is 1. The Morgan fingerprint density at radius 3 is 2.63 bits per heavy atom. The van der Waals surface area contributed by atoms with E-state index < -0.39 is 0 Å². The molecule has 0 aromatic heterocycles. The van der Waals surface area contributed by atoms with E-state index in [0.717, 1.165) is 31.4 Å². The molecule has 158 valence electrons. The minimum absolute atomic E-state index is 0.0540. The van der Waals surface area contributed by atoms with Crippen molar-refractivity contribution in [2.75, 3.05) is 13.1 Å². The number of rotatable bonds is 5. The van der Waals surface area contributed by atoms with Crippen LogP contribution in [0.3, 0.4) is 0 Å². The molecule has 1 aromatic rings. The number of piperazine rings is 1. The largest absolute Gasteiger partial charge is 0.330 e. The molecular formula is C23H27FN4O2. The van der Waals surface area contributed by atoms with Gasteiger partial charge in [0.1, 0.15) is 11.9 Å². The number of amides is 2. The van der Waals surface area contributed by atoms with Crippen LogP contribution in [0.5, 0.6) is 0 Å². The first-order chi connectivity index (χ1) is 14.4. The first-order valence-electron chi connectivity index (χ1n) is 10.9. The lowest BCUT2D eigenvalue weighted by atomic mass is 10.0. The number of carbonyl (C=O) groups excluding carboxylic acids is 2. The number of nitriles is 1. The van der Waals surface area contributed by atoms with Gasteiger partial charge in [0.25, 0.3) is 0 Å². The first kappa shape index (κ1) is 19.5. The molecule has 2 bridgehead atoms. The Kier molecular flexibility index (Phi) is 4.59. The summed E-state index contributed by atoms with van der Waals surface area (Å²) in [6.45, 7) is 5.22. The topological polar surface area (TPSA) is 67.7 Å². The number of carbonyl (C=O) groups is 2. The predicted octanol–water partition coefficient (Wildman–Crippen LogP) is 2.32. The minimum atomic E-state index is -0.285. The van der Waals surface area contributed by atoms with E-state index in [1.165, 1.54) is 12.1 Å². The van der Waals surface area contributed by atoms with Crippen LogP contribution in [0.4, 0.5) is 4.39 Å². The molecule has 7 heteroatoms. The zero-order valence-electron chi connectivity index (χ0n) is 17.4. The van der Waals surface area contributed by atoms with Crippen LogP contribution in [0.1, 0.15) is 44.7 Å². The van der Waals surface area contributed by atoms with Gasteiger partial charge in [0, 0.05) is 31.1 Å². The van der Waals surface area contributed by atoms with Gasteiger partial charge < -0.3 is 9.80 Å². The molecule has 7 atom stereocenters. The summed E-state index contributed by atoms with van der Waals surface area (Å²) in [5.74, 6) is 0.158. The second kappa shape index (κ2) is 7.05. The average Bonchev–Trinajstić information content (AvgIpc) is 3.07. The number of likely N-dealkylation sites (tertiary alicyclic amines) is 3. The quantitative estimate of drug-likeness (QED) is 0.747. The van der Waals surface area contributed by atoms with E-state index in [2.05, 4.69) is 11.0 Å². The third kappa shape index (κ3) is 3.01. The van der Waals surface area contributed by atoms with Crippen molar-refractivity contribution in [1.29, 1.82) is 5.26 Å². The van der Waals surface area contributed by atoms with Crippen molar-refractivity contribution in [1.82, 2.24) is 14.7 Å². The summed E-state index contributed by atoms with van der Waals surface area (Å²) in [6.07, 6.45) is 2.61. The van der Waals surface area contributed by atoms with Crippen molar-refractivity contribution in [2.24, 2.45) is 11.8 Å². The van der Waals surface area contributed by atoms with E-state index in [9.17, 15) is 19.2 Å². The molecule has 3 heterocycles. The van der Waals surface area contributed by atoms with Crippen molar-refractivity contribution in [3.8, 4) is 6.07 Å². The lowest BCUT2D eigenvalue weighted by Gasteiger charge is -2.38. The maximum absolute atomic E-state index is 13.2. The Hall–Kier alpha value is -2.46. The molecule has 0 unspecified atom stereocenters. The molecule has 0 spiro atoms. The first-order valence-corrected chi connectivity index (χ1v) is 10.9. The van der Waals surface area contributed by atoms with E-state index >= 15 is 0 Å². The van der Waals surface area contributed by atoms with Gasteiger partial charge in [-0.2, -0.15) is 5.26 Å². The molecule has 1 saturated carbocycles. The lowest BCUT2D eigenvalue weighted by molar-refractivity contribution is -0.142. The van der Waals surface area contributed by atoms with Crippen molar-refractivity contribution < 1.29 is 14.0 Å². The summed E-state index contributed by atoms with van der Waals surface area (Å²) in [6, 6.07) is 8.44. The number of hydrogen-bond donors (Lipinski definition) is 0. The molecule has 1 aromatic carbocycles. The summed E-state index contributed by atoms with van der Waals surface area (Å²) in [5.41, 5.74) is 0.933. The molecule has 3 saturated heterocycles. The zero-order valence-corrected chi connectivity index (χ0v) is 17.4. The van der Waals surface area contributed by atoms with Gasteiger partial charge >= 0.3 is 0 Å². The SMILES string of the molecule is C[C@@H](CN1C[C@@H]2C[C@H]1C(=O)N2[C@@H](C)c1ccc(F)cc1)C(=O)N1[C@H](C#N)C[C@@H]2C[C@@H]21. The molecule has 4 fully saturated rings. The monoisotopic (exact) mass is 410 g/mol. The Morgan fingerprint density at radius 2 is 1.97 bits per heavy atom. The average molecular weight is 410 g/mol. The molecule has 30 heavy (non-hydrogen) atoms. The van der Waals surface area contributed by atoms with Gasteiger partial charge in [-0.25, -0.2) is 4.39 Å². The van der Waals surface area contributed by atoms with Crippen molar-refractivity contribution in [2.45, 2.75) is 63.3 Å². The van der Waals surface area contributed by atoms with Crippen molar-refractivity contribution >= 4 is 11.8 Å². The number of nitrogens with zero attached hydrogens (tertiary/aromatic N) is 4.